The quantitative estimate of drug-likeness (QED) is 0.923. The smallest absolute Gasteiger partial charge is 0.262 e. The second kappa shape index (κ2) is 6.60. The molecule has 0 spiro atoms. The standard InChI is InChI=1S/C17H19N3O3S/c1-13-10-14(12-18-11-13)19-24(22,23)16-7-3-2-6-15(16)17(21)20-8-4-5-9-20/h2-3,6-7,10-12,19H,4-5,8-9H2,1H3. The molecule has 1 N–H and O–H groups in total. The maximum absolute atomic E-state index is 12.7. The lowest BCUT2D eigenvalue weighted by Gasteiger charge is -2.18. The van der Waals surface area contributed by atoms with E-state index in [0.717, 1.165) is 18.4 Å². The van der Waals surface area contributed by atoms with Gasteiger partial charge in [0, 0.05) is 19.3 Å². The molecule has 7 heteroatoms. The monoisotopic (exact) mass is 345 g/mol. The van der Waals surface area contributed by atoms with Crippen LogP contribution in [0.25, 0.3) is 0 Å². The van der Waals surface area contributed by atoms with E-state index in [1.54, 1.807) is 35.4 Å². The zero-order chi connectivity index (χ0) is 17.2. The third-order valence-corrected chi connectivity index (χ3v) is 5.37. The summed E-state index contributed by atoms with van der Waals surface area (Å²) in [6, 6.07) is 7.99. The van der Waals surface area contributed by atoms with Gasteiger partial charge < -0.3 is 4.90 Å². The lowest BCUT2D eigenvalue weighted by Crippen LogP contribution is -2.29. The van der Waals surface area contributed by atoms with Crippen LogP contribution in [0.4, 0.5) is 5.69 Å². The molecular formula is C17H19N3O3S. The van der Waals surface area contributed by atoms with Crippen molar-refractivity contribution in [3.8, 4) is 0 Å². The highest BCUT2D eigenvalue weighted by molar-refractivity contribution is 7.92. The first kappa shape index (κ1) is 16.4. The lowest BCUT2D eigenvalue weighted by atomic mass is 10.2. The fourth-order valence-corrected chi connectivity index (χ4v) is 4.02. The first-order valence-corrected chi connectivity index (χ1v) is 9.28. The van der Waals surface area contributed by atoms with Gasteiger partial charge >= 0.3 is 0 Å². The van der Waals surface area contributed by atoms with E-state index in [4.69, 9.17) is 0 Å². The second-order valence-corrected chi connectivity index (χ2v) is 7.50. The molecule has 1 aromatic heterocycles. The Morgan fingerprint density at radius 1 is 1.17 bits per heavy atom. The molecule has 24 heavy (non-hydrogen) atoms. The van der Waals surface area contributed by atoms with Gasteiger partial charge in [-0.15, -0.1) is 0 Å². The molecule has 0 atom stereocenters. The number of carbonyl (C=O) groups is 1. The van der Waals surface area contributed by atoms with Gasteiger partial charge in [0.15, 0.2) is 0 Å². The van der Waals surface area contributed by atoms with Crippen LogP contribution in [0.3, 0.4) is 0 Å². The van der Waals surface area contributed by atoms with E-state index in [1.807, 2.05) is 6.92 Å². The van der Waals surface area contributed by atoms with Crippen molar-refractivity contribution in [1.29, 1.82) is 0 Å². The SMILES string of the molecule is Cc1cncc(NS(=O)(=O)c2ccccc2C(=O)N2CCCC2)c1. The molecule has 2 aromatic rings. The maximum atomic E-state index is 12.7. The van der Waals surface area contributed by atoms with E-state index in [2.05, 4.69) is 9.71 Å². The minimum atomic E-state index is -3.87. The summed E-state index contributed by atoms with van der Waals surface area (Å²) in [5.41, 5.74) is 1.42. The van der Waals surface area contributed by atoms with Crippen LogP contribution >= 0.6 is 0 Å². The number of aromatic nitrogens is 1. The van der Waals surface area contributed by atoms with Crippen molar-refractivity contribution >= 4 is 21.6 Å². The predicted molar refractivity (Wildman–Crippen MR) is 91.4 cm³/mol. The van der Waals surface area contributed by atoms with Crippen molar-refractivity contribution < 1.29 is 13.2 Å². The van der Waals surface area contributed by atoms with Gasteiger partial charge in [-0.2, -0.15) is 0 Å². The summed E-state index contributed by atoms with van der Waals surface area (Å²) >= 11 is 0. The van der Waals surface area contributed by atoms with Gasteiger partial charge in [0.05, 0.1) is 17.4 Å². The van der Waals surface area contributed by atoms with Crippen molar-refractivity contribution in [2.75, 3.05) is 17.8 Å². The van der Waals surface area contributed by atoms with Crippen molar-refractivity contribution in [3.63, 3.8) is 0 Å². The van der Waals surface area contributed by atoms with Gasteiger partial charge in [0.2, 0.25) is 0 Å². The fraction of sp³-hybridized carbons (Fsp3) is 0.294. The summed E-state index contributed by atoms with van der Waals surface area (Å²) in [4.78, 5) is 18.3. The number of anilines is 1. The molecule has 2 heterocycles. The topological polar surface area (TPSA) is 79.4 Å². The Labute approximate surface area is 141 Å². The number of pyridine rings is 1. The van der Waals surface area contributed by atoms with E-state index in [0.29, 0.717) is 18.8 Å². The molecule has 126 valence electrons. The number of nitrogens with zero attached hydrogens (tertiary/aromatic N) is 2. The number of nitrogens with one attached hydrogen (secondary N) is 1. The first-order valence-electron chi connectivity index (χ1n) is 7.80. The van der Waals surface area contributed by atoms with Gasteiger partial charge in [-0.25, -0.2) is 8.42 Å². The fourth-order valence-electron chi connectivity index (χ4n) is 2.79. The number of hydrogen-bond acceptors (Lipinski definition) is 4. The molecule has 1 amide bonds. The van der Waals surface area contributed by atoms with Gasteiger partial charge in [-0.1, -0.05) is 12.1 Å². The Balaban J connectivity index is 1.94. The normalized spacial score (nSPS) is 14.6. The van der Waals surface area contributed by atoms with Crippen LogP contribution in [0, 0.1) is 6.92 Å². The molecule has 6 nitrogen and oxygen atoms in total. The van der Waals surface area contributed by atoms with Crippen LogP contribution in [-0.4, -0.2) is 37.3 Å². The molecule has 0 saturated carbocycles. The third-order valence-electron chi connectivity index (χ3n) is 3.93. The molecule has 0 aliphatic carbocycles. The molecule has 0 unspecified atom stereocenters. The highest BCUT2D eigenvalue weighted by Crippen LogP contribution is 2.22. The van der Waals surface area contributed by atoms with Crippen molar-refractivity contribution in [2.45, 2.75) is 24.7 Å². The van der Waals surface area contributed by atoms with Crippen LogP contribution in [-0.2, 0) is 10.0 Å². The van der Waals surface area contributed by atoms with E-state index in [-0.39, 0.29) is 16.4 Å². The molecule has 1 aromatic carbocycles. The Hall–Kier alpha value is -2.41. The summed E-state index contributed by atoms with van der Waals surface area (Å²) in [6.45, 7) is 3.17. The number of aryl methyl sites for hydroxylation is 1. The predicted octanol–water partition coefficient (Wildman–Crippen LogP) is 2.43. The largest absolute Gasteiger partial charge is 0.339 e. The Morgan fingerprint density at radius 3 is 2.58 bits per heavy atom. The molecule has 1 fully saturated rings. The highest BCUT2D eigenvalue weighted by Gasteiger charge is 2.26. The average molecular weight is 345 g/mol. The van der Waals surface area contributed by atoms with Crippen LogP contribution in [0.15, 0.2) is 47.6 Å². The van der Waals surface area contributed by atoms with Gasteiger partial charge in [0.1, 0.15) is 4.90 Å². The molecule has 0 bridgehead atoms. The number of sulfonamides is 1. The van der Waals surface area contributed by atoms with Crippen molar-refractivity contribution in [3.05, 3.63) is 53.9 Å². The van der Waals surface area contributed by atoms with E-state index >= 15 is 0 Å². The number of rotatable bonds is 4. The summed E-state index contributed by atoms with van der Waals surface area (Å²) in [7, 11) is -3.87. The Bertz CT molecular complexity index is 859. The average Bonchev–Trinajstić information content (AvgIpc) is 3.08. The highest BCUT2D eigenvalue weighted by atomic mass is 32.2. The summed E-state index contributed by atoms with van der Waals surface area (Å²) < 4.78 is 28.0. The van der Waals surface area contributed by atoms with Crippen molar-refractivity contribution in [1.82, 2.24) is 9.88 Å². The molecule has 1 aliphatic rings. The minimum absolute atomic E-state index is 0.0107. The van der Waals surface area contributed by atoms with Gasteiger partial charge in [-0.3, -0.25) is 14.5 Å². The van der Waals surface area contributed by atoms with E-state index in [9.17, 15) is 13.2 Å². The first-order chi connectivity index (χ1) is 11.5. The molecule has 0 radical (unpaired) electrons. The summed E-state index contributed by atoms with van der Waals surface area (Å²) in [5.74, 6) is -0.240. The van der Waals surface area contributed by atoms with Gasteiger partial charge in [0.25, 0.3) is 15.9 Å². The second-order valence-electron chi connectivity index (χ2n) is 5.85. The summed E-state index contributed by atoms with van der Waals surface area (Å²) in [6.07, 6.45) is 4.99. The van der Waals surface area contributed by atoms with E-state index < -0.39 is 10.0 Å². The lowest BCUT2D eigenvalue weighted by molar-refractivity contribution is 0.0789. The maximum Gasteiger partial charge on any atom is 0.262 e. The summed E-state index contributed by atoms with van der Waals surface area (Å²) in [5, 5.41) is 0. The number of amides is 1. The molecule has 1 aliphatic heterocycles. The van der Waals surface area contributed by atoms with Crippen molar-refractivity contribution in [2.24, 2.45) is 0 Å². The van der Waals surface area contributed by atoms with Crippen LogP contribution in [0.2, 0.25) is 0 Å². The number of benzene rings is 1. The Morgan fingerprint density at radius 2 is 1.88 bits per heavy atom. The van der Waals surface area contributed by atoms with Gasteiger partial charge in [-0.05, 0) is 43.5 Å². The number of likely N-dealkylation sites (tertiary alicyclic amines) is 1. The van der Waals surface area contributed by atoms with Crippen LogP contribution < -0.4 is 4.72 Å². The minimum Gasteiger partial charge on any atom is -0.339 e. The zero-order valence-electron chi connectivity index (χ0n) is 13.4. The van der Waals surface area contributed by atoms with Crippen LogP contribution in [0.5, 0.6) is 0 Å². The third kappa shape index (κ3) is 3.41. The van der Waals surface area contributed by atoms with E-state index in [1.165, 1.54) is 12.3 Å². The molecular weight excluding hydrogens is 326 g/mol. The molecule has 1 saturated heterocycles. The number of carbonyl (C=O) groups excluding carboxylic acids is 1. The van der Waals surface area contributed by atoms with Crippen LogP contribution in [0.1, 0.15) is 28.8 Å². The Kier molecular flexibility index (Phi) is 4.53. The zero-order valence-corrected chi connectivity index (χ0v) is 14.2. The number of hydrogen-bond donors (Lipinski definition) is 1. The molecule has 3 rings (SSSR count).